The third-order valence-electron chi connectivity index (χ3n) is 5.54. The highest BCUT2D eigenvalue weighted by Gasteiger charge is 2.30. The monoisotopic (exact) mass is 530 g/mol. The van der Waals surface area contributed by atoms with Gasteiger partial charge in [0, 0.05) is 38.2 Å². The summed E-state index contributed by atoms with van der Waals surface area (Å²) in [5.41, 5.74) is 1.64. The van der Waals surface area contributed by atoms with Crippen LogP contribution >= 0.6 is 23.2 Å². The number of hydrogen-bond donors (Lipinski definition) is 1. The summed E-state index contributed by atoms with van der Waals surface area (Å²) in [6, 6.07) is 18.8. The van der Waals surface area contributed by atoms with Crippen LogP contribution in [0.5, 0.6) is 17.2 Å². The van der Waals surface area contributed by atoms with Crippen molar-refractivity contribution in [3.8, 4) is 17.2 Å². The SMILES string of the molecule is CNC(=O)[C@@H](Cc1ccccc1)N(Cc1ccc(Cl)c(Cl)c1)C(=O)COc1cc(OC)cc(OC)c1. The average Bonchev–Trinajstić information content (AvgIpc) is 2.91. The van der Waals surface area contributed by atoms with Crippen molar-refractivity contribution in [1.29, 1.82) is 0 Å². The molecule has 0 heterocycles. The van der Waals surface area contributed by atoms with Gasteiger partial charge in [0.05, 0.1) is 24.3 Å². The third kappa shape index (κ3) is 7.29. The molecule has 36 heavy (non-hydrogen) atoms. The highest BCUT2D eigenvalue weighted by atomic mass is 35.5. The maximum absolute atomic E-state index is 13.5. The van der Waals surface area contributed by atoms with E-state index in [1.807, 2.05) is 30.3 Å². The Kier molecular flexibility index (Phi) is 9.85. The van der Waals surface area contributed by atoms with Crippen molar-refractivity contribution in [2.45, 2.75) is 19.0 Å². The minimum atomic E-state index is -0.789. The minimum Gasteiger partial charge on any atom is -0.496 e. The Balaban J connectivity index is 1.90. The fourth-order valence-corrected chi connectivity index (χ4v) is 3.97. The fraction of sp³-hybridized carbons (Fsp3) is 0.259. The molecule has 3 aromatic carbocycles. The Bertz CT molecular complexity index is 1170. The summed E-state index contributed by atoms with van der Waals surface area (Å²) in [4.78, 5) is 28.0. The maximum Gasteiger partial charge on any atom is 0.261 e. The number of likely N-dealkylation sites (N-methyl/N-ethyl adjacent to an activating group) is 1. The van der Waals surface area contributed by atoms with E-state index in [9.17, 15) is 9.59 Å². The van der Waals surface area contributed by atoms with Crippen molar-refractivity contribution < 1.29 is 23.8 Å². The number of carbonyl (C=O) groups is 2. The first-order valence-corrected chi connectivity index (χ1v) is 11.9. The Hall–Kier alpha value is -3.42. The van der Waals surface area contributed by atoms with E-state index in [1.165, 1.54) is 19.1 Å². The molecule has 0 saturated carbocycles. The molecule has 3 rings (SSSR count). The van der Waals surface area contributed by atoms with Gasteiger partial charge >= 0.3 is 0 Å². The largest absolute Gasteiger partial charge is 0.496 e. The van der Waals surface area contributed by atoms with E-state index in [4.69, 9.17) is 37.4 Å². The van der Waals surface area contributed by atoms with Gasteiger partial charge in [0.2, 0.25) is 5.91 Å². The van der Waals surface area contributed by atoms with Crippen molar-refractivity contribution >= 4 is 35.0 Å². The first-order chi connectivity index (χ1) is 17.3. The Morgan fingerprint density at radius 3 is 2.08 bits per heavy atom. The molecule has 0 fully saturated rings. The van der Waals surface area contributed by atoms with Gasteiger partial charge in [0.25, 0.3) is 5.91 Å². The lowest BCUT2D eigenvalue weighted by molar-refractivity contribution is -0.142. The minimum absolute atomic E-state index is 0.130. The molecule has 190 valence electrons. The number of amides is 2. The van der Waals surface area contributed by atoms with Gasteiger partial charge < -0.3 is 24.4 Å². The number of nitrogens with one attached hydrogen (secondary N) is 1. The summed E-state index contributed by atoms with van der Waals surface area (Å²) in [5, 5.41) is 3.44. The van der Waals surface area contributed by atoms with E-state index in [-0.39, 0.29) is 25.0 Å². The molecule has 9 heteroatoms. The second-order valence-electron chi connectivity index (χ2n) is 7.93. The molecule has 0 aliphatic heterocycles. The summed E-state index contributed by atoms with van der Waals surface area (Å²) < 4.78 is 16.3. The van der Waals surface area contributed by atoms with Crippen molar-refractivity contribution in [3.05, 3.63) is 87.9 Å². The number of rotatable bonds is 11. The van der Waals surface area contributed by atoms with Gasteiger partial charge in [0.1, 0.15) is 23.3 Å². The molecule has 0 radical (unpaired) electrons. The van der Waals surface area contributed by atoms with Crippen LogP contribution < -0.4 is 19.5 Å². The molecule has 1 N–H and O–H groups in total. The predicted molar refractivity (Wildman–Crippen MR) is 140 cm³/mol. The van der Waals surface area contributed by atoms with Gasteiger partial charge in [-0.15, -0.1) is 0 Å². The summed E-state index contributed by atoms with van der Waals surface area (Å²) in [5.74, 6) is 0.768. The molecule has 7 nitrogen and oxygen atoms in total. The highest BCUT2D eigenvalue weighted by molar-refractivity contribution is 6.42. The van der Waals surface area contributed by atoms with E-state index >= 15 is 0 Å². The zero-order chi connectivity index (χ0) is 26.1. The standard InChI is InChI=1S/C27H28Cl2N2O5/c1-30-27(33)25(12-18-7-5-4-6-8-18)31(16-19-9-10-23(28)24(29)11-19)26(32)17-36-22-14-20(34-2)13-21(15-22)35-3/h4-11,13-15,25H,12,16-17H2,1-3H3,(H,30,33)/t25-/m1/s1. The Morgan fingerprint density at radius 1 is 0.861 bits per heavy atom. The van der Waals surface area contributed by atoms with E-state index < -0.39 is 6.04 Å². The molecular formula is C27H28Cl2N2O5. The van der Waals surface area contributed by atoms with Gasteiger partial charge in [-0.05, 0) is 23.3 Å². The second-order valence-corrected chi connectivity index (χ2v) is 8.74. The second kappa shape index (κ2) is 13.0. The average molecular weight is 531 g/mol. The van der Waals surface area contributed by atoms with E-state index in [0.29, 0.717) is 33.7 Å². The summed E-state index contributed by atoms with van der Waals surface area (Å²) in [6.07, 6.45) is 0.320. The Labute approximate surface area is 220 Å². The van der Waals surface area contributed by atoms with Crippen LogP contribution in [0.25, 0.3) is 0 Å². The zero-order valence-electron chi connectivity index (χ0n) is 20.3. The van der Waals surface area contributed by atoms with Gasteiger partial charge in [-0.3, -0.25) is 9.59 Å². The fourth-order valence-electron chi connectivity index (χ4n) is 3.65. The molecular weight excluding hydrogens is 503 g/mol. The number of carbonyl (C=O) groups excluding carboxylic acids is 2. The zero-order valence-corrected chi connectivity index (χ0v) is 21.8. The summed E-state index contributed by atoms with van der Waals surface area (Å²) in [6.45, 7) is -0.175. The number of nitrogens with zero attached hydrogens (tertiary/aromatic N) is 1. The van der Waals surface area contributed by atoms with Crippen LogP contribution in [0.1, 0.15) is 11.1 Å². The van der Waals surface area contributed by atoms with Crippen molar-refractivity contribution in [1.82, 2.24) is 10.2 Å². The van der Waals surface area contributed by atoms with Crippen molar-refractivity contribution in [2.24, 2.45) is 0 Å². The quantitative estimate of drug-likeness (QED) is 0.386. The summed E-state index contributed by atoms with van der Waals surface area (Å²) >= 11 is 12.3. The lowest BCUT2D eigenvalue weighted by atomic mass is 10.0. The van der Waals surface area contributed by atoms with Crippen LogP contribution in [-0.2, 0) is 22.6 Å². The molecule has 0 spiro atoms. The van der Waals surface area contributed by atoms with Gasteiger partial charge in [-0.25, -0.2) is 0 Å². The molecule has 1 atom stereocenters. The molecule has 3 aromatic rings. The van der Waals surface area contributed by atoms with Gasteiger partial charge in [0.15, 0.2) is 6.61 Å². The normalized spacial score (nSPS) is 11.4. The number of benzene rings is 3. The van der Waals surface area contributed by atoms with E-state index in [1.54, 1.807) is 43.4 Å². The first-order valence-electron chi connectivity index (χ1n) is 11.2. The lowest BCUT2D eigenvalue weighted by Gasteiger charge is -2.31. The smallest absolute Gasteiger partial charge is 0.261 e. The van der Waals surface area contributed by atoms with Crippen molar-refractivity contribution in [3.63, 3.8) is 0 Å². The molecule has 0 aromatic heterocycles. The molecule has 0 aliphatic carbocycles. The van der Waals surface area contributed by atoms with Crippen LogP contribution in [-0.4, -0.2) is 50.6 Å². The lowest BCUT2D eigenvalue weighted by Crippen LogP contribution is -2.51. The predicted octanol–water partition coefficient (Wildman–Crippen LogP) is 4.78. The summed E-state index contributed by atoms with van der Waals surface area (Å²) in [7, 11) is 4.60. The molecule has 0 saturated heterocycles. The number of methoxy groups -OCH3 is 2. The van der Waals surface area contributed by atoms with Crippen molar-refractivity contribution in [2.75, 3.05) is 27.9 Å². The first kappa shape index (κ1) is 27.2. The van der Waals surface area contributed by atoms with Crippen LogP contribution in [0.2, 0.25) is 10.0 Å². The topological polar surface area (TPSA) is 77.1 Å². The van der Waals surface area contributed by atoms with Gasteiger partial charge in [-0.1, -0.05) is 59.6 Å². The number of ether oxygens (including phenoxy) is 3. The van der Waals surface area contributed by atoms with Crippen LogP contribution in [0, 0.1) is 0 Å². The highest BCUT2D eigenvalue weighted by Crippen LogP contribution is 2.28. The number of hydrogen-bond acceptors (Lipinski definition) is 5. The number of halogens is 2. The van der Waals surface area contributed by atoms with Crippen LogP contribution in [0.15, 0.2) is 66.7 Å². The van der Waals surface area contributed by atoms with E-state index in [0.717, 1.165) is 11.1 Å². The van der Waals surface area contributed by atoms with Gasteiger partial charge in [-0.2, -0.15) is 0 Å². The molecule has 0 bridgehead atoms. The van der Waals surface area contributed by atoms with E-state index in [2.05, 4.69) is 5.32 Å². The third-order valence-corrected chi connectivity index (χ3v) is 6.28. The van der Waals surface area contributed by atoms with Crippen LogP contribution in [0.4, 0.5) is 0 Å². The Morgan fingerprint density at radius 2 is 1.50 bits per heavy atom. The molecule has 0 unspecified atom stereocenters. The molecule has 0 aliphatic rings. The van der Waals surface area contributed by atoms with Crippen LogP contribution in [0.3, 0.4) is 0 Å². The molecule has 2 amide bonds. The maximum atomic E-state index is 13.5.